The Balaban J connectivity index is 2.21. The first kappa shape index (κ1) is 12.4. The molecule has 3 nitrogen and oxygen atoms in total. The van der Waals surface area contributed by atoms with Crippen molar-refractivity contribution in [3.63, 3.8) is 0 Å². The van der Waals surface area contributed by atoms with Crippen molar-refractivity contribution >= 4 is 0 Å². The van der Waals surface area contributed by atoms with E-state index < -0.39 is 17.7 Å². The standard InChI is InChI=1S/C12H16F2N2O/c1-16-5-6-17-10(7-16)12(15)11-8(13)3-2-4-9(11)14/h2-4,10,12H,5-7,15H2,1H3. The molecule has 0 aromatic heterocycles. The van der Waals surface area contributed by atoms with Crippen molar-refractivity contribution in [1.82, 2.24) is 4.90 Å². The molecule has 1 heterocycles. The normalized spacial score (nSPS) is 23.6. The van der Waals surface area contributed by atoms with E-state index in [0.717, 1.165) is 6.54 Å². The maximum atomic E-state index is 13.6. The molecular weight excluding hydrogens is 226 g/mol. The number of hydrogen-bond acceptors (Lipinski definition) is 3. The van der Waals surface area contributed by atoms with E-state index in [1.54, 1.807) is 0 Å². The van der Waals surface area contributed by atoms with E-state index in [4.69, 9.17) is 10.5 Å². The highest BCUT2D eigenvalue weighted by atomic mass is 19.1. The predicted molar refractivity (Wildman–Crippen MR) is 60.5 cm³/mol. The third-order valence-corrected chi connectivity index (χ3v) is 3.03. The van der Waals surface area contributed by atoms with Gasteiger partial charge >= 0.3 is 0 Å². The summed E-state index contributed by atoms with van der Waals surface area (Å²) in [5.74, 6) is -1.23. The summed E-state index contributed by atoms with van der Waals surface area (Å²) in [6.45, 7) is 1.92. The Bertz CT molecular complexity index is 380. The average Bonchev–Trinajstić information content (AvgIpc) is 2.28. The molecule has 2 N–H and O–H groups in total. The highest BCUT2D eigenvalue weighted by molar-refractivity contribution is 5.24. The van der Waals surface area contributed by atoms with Crippen LogP contribution >= 0.6 is 0 Å². The van der Waals surface area contributed by atoms with Crippen molar-refractivity contribution in [2.75, 3.05) is 26.7 Å². The van der Waals surface area contributed by atoms with Crippen molar-refractivity contribution in [3.8, 4) is 0 Å². The molecule has 0 amide bonds. The van der Waals surface area contributed by atoms with Crippen molar-refractivity contribution in [3.05, 3.63) is 35.4 Å². The molecule has 5 heteroatoms. The summed E-state index contributed by atoms with van der Waals surface area (Å²) in [4.78, 5) is 2.03. The number of rotatable bonds is 2. The molecule has 1 aromatic rings. The van der Waals surface area contributed by atoms with E-state index in [0.29, 0.717) is 13.2 Å². The lowest BCUT2D eigenvalue weighted by atomic mass is 10.00. The monoisotopic (exact) mass is 242 g/mol. The first-order chi connectivity index (χ1) is 8.09. The van der Waals surface area contributed by atoms with Gasteiger partial charge < -0.3 is 15.4 Å². The SMILES string of the molecule is CN1CCOC(C(N)c2c(F)cccc2F)C1. The van der Waals surface area contributed by atoms with Gasteiger partial charge in [0.05, 0.1) is 18.8 Å². The van der Waals surface area contributed by atoms with Crippen LogP contribution in [0.4, 0.5) is 8.78 Å². The summed E-state index contributed by atoms with van der Waals surface area (Å²) in [5.41, 5.74) is 5.81. The first-order valence-corrected chi connectivity index (χ1v) is 5.59. The number of ether oxygens (including phenoxy) is 1. The van der Waals surface area contributed by atoms with Gasteiger partial charge in [-0.25, -0.2) is 8.78 Å². The molecule has 0 spiro atoms. The highest BCUT2D eigenvalue weighted by Crippen LogP contribution is 2.24. The number of benzene rings is 1. The van der Waals surface area contributed by atoms with E-state index in [9.17, 15) is 8.78 Å². The highest BCUT2D eigenvalue weighted by Gasteiger charge is 2.28. The Morgan fingerprint density at radius 1 is 1.41 bits per heavy atom. The fraction of sp³-hybridized carbons (Fsp3) is 0.500. The molecule has 2 unspecified atom stereocenters. The minimum Gasteiger partial charge on any atom is -0.374 e. The predicted octanol–water partition coefficient (Wildman–Crippen LogP) is 1.30. The van der Waals surface area contributed by atoms with Gasteiger partial charge in [-0.1, -0.05) is 6.07 Å². The van der Waals surface area contributed by atoms with Crippen molar-refractivity contribution in [2.45, 2.75) is 12.1 Å². The lowest BCUT2D eigenvalue weighted by molar-refractivity contribution is -0.0336. The van der Waals surface area contributed by atoms with Gasteiger partial charge in [-0.2, -0.15) is 0 Å². The topological polar surface area (TPSA) is 38.5 Å². The van der Waals surface area contributed by atoms with Crippen LogP contribution in [0, 0.1) is 11.6 Å². The number of hydrogen-bond donors (Lipinski definition) is 1. The fourth-order valence-corrected chi connectivity index (χ4v) is 2.04. The van der Waals surface area contributed by atoms with E-state index in [1.165, 1.54) is 18.2 Å². The molecule has 94 valence electrons. The Labute approximate surface area is 99.2 Å². The number of morpholine rings is 1. The zero-order valence-corrected chi connectivity index (χ0v) is 9.70. The molecule has 0 bridgehead atoms. The van der Waals surface area contributed by atoms with Gasteiger partial charge in [-0.3, -0.25) is 0 Å². The Kier molecular flexibility index (Phi) is 3.71. The fourth-order valence-electron chi connectivity index (χ4n) is 2.04. The summed E-state index contributed by atoms with van der Waals surface area (Å²) in [6, 6.07) is 2.98. The van der Waals surface area contributed by atoms with Gasteiger partial charge in [0, 0.05) is 18.7 Å². The zero-order valence-electron chi connectivity index (χ0n) is 9.70. The second-order valence-corrected chi connectivity index (χ2v) is 4.33. The quantitative estimate of drug-likeness (QED) is 0.849. The van der Waals surface area contributed by atoms with Crippen LogP contribution in [0.25, 0.3) is 0 Å². The third kappa shape index (κ3) is 2.62. The van der Waals surface area contributed by atoms with Crippen LogP contribution in [0.3, 0.4) is 0 Å². The lowest BCUT2D eigenvalue weighted by Gasteiger charge is -2.33. The van der Waals surface area contributed by atoms with E-state index >= 15 is 0 Å². The average molecular weight is 242 g/mol. The summed E-state index contributed by atoms with van der Waals surface area (Å²) in [5, 5.41) is 0. The molecule has 1 fully saturated rings. The van der Waals surface area contributed by atoms with E-state index in [-0.39, 0.29) is 11.7 Å². The molecule has 0 radical (unpaired) electrons. The van der Waals surface area contributed by atoms with Gasteiger partial charge in [-0.05, 0) is 19.2 Å². The summed E-state index contributed by atoms with van der Waals surface area (Å²) >= 11 is 0. The molecule has 1 aliphatic heterocycles. The summed E-state index contributed by atoms with van der Waals surface area (Å²) in [6.07, 6.45) is -0.375. The van der Waals surface area contributed by atoms with Gasteiger partial charge in [0.2, 0.25) is 0 Å². The van der Waals surface area contributed by atoms with Gasteiger partial charge in [-0.15, -0.1) is 0 Å². The van der Waals surface area contributed by atoms with E-state index in [1.807, 2.05) is 11.9 Å². The van der Waals surface area contributed by atoms with Crippen LogP contribution in [-0.4, -0.2) is 37.7 Å². The Morgan fingerprint density at radius 2 is 2.06 bits per heavy atom. The van der Waals surface area contributed by atoms with Crippen molar-refractivity contribution in [2.24, 2.45) is 5.73 Å². The van der Waals surface area contributed by atoms with Crippen LogP contribution in [0.2, 0.25) is 0 Å². The molecule has 0 saturated carbocycles. The van der Waals surface area contributed by atoms with Crippen molar-refractivity contribution < 1.29 is 13.5 Å². The van der Waals surface area contributed by atoms with Crippen LogP contribution in [-0.2, 0) is 4.74 Å². The number of halogens is 2. The van der Waals surface area contributed by atoms with Gasteiger partial charge in [0.1, 0.15) is 11.6 Å². The Morgan fingerprint density at radius 3 is 2.65 bits per heavy atom. The van der Waals surface area contributed by atoms with Gasteiger partial charge in [0.25, 0.3) is 0 Å². The first-order valence-electron chi connectivity index (χ1n) is 5.59. The number of nitrogens with two attached hydrogens (primary N) is 1. The maximum absolute atomic E-state index is 13.6. The Hall–Kier alpha value is -1.04. The van der Waals surface area contributed by atoms with Crippen LogP contribution in [0.5, 0.6) is 0 Å². The zero-order chi connectivity index (χ0) is 12.4. The molecule has 1 aliphatic rings. The lowest BCUT2D eigenvalue weighted by Crippen LogP contribution is -2.45. The second kappa shape index (κ2) is 5.08. The minimum atomic E-state index is -0.779. The third-order valence-electron chi connectivity index (χ3n) is 3.03. The van der Waals surface area contributed by atoms with Crippen LogP contribution in [0.1, 0.15) is 11.6 Å². The van der Waals surface area contributed by atoms with Crippen LogP contribution in [0.15, 0.2) is 18.2 Å². The largest absolute Gasteiger partial charge is 0.374 e. The number of likely N-dealkylation sites (N-methyl/N-ethyl adjacent to an activating group) is 1. The van der Waals surface area contributed by atoms with Crippen molar-refractivity contribution in [1.29, 1.82) is 0 Å². The maximum Gasteiger partial charge on any atom is 0.131 e. The molecular formula is C12H16F2N2O. The molecule has 2 rings (SSSR count). The molecule has 2 atom stereocenters. The second-order valence-electron chi connectivity index (χ2n) is 4.33. The van der Waals surface area contributed by atoms with E-state index in [2.05, 4.69) is 0 Å². The molecule has 17 heavy (non-hydrogen) atoms. The molecule has 1 aromatic carbocycles. The van der Waals surface area contributed by atoms with Gasteiger partial charge in [0.15, 0.2) is 0 Å². The minimum absolute atomic E-state index is 0.0900. The summed E-state index contributed by atoms with van der Waals surface area (Å²) in [7, 11) is 1.93. The number of nitrogens with zero attached hydrogens (tertiary/aromatic N) is 1. The summed E-state index contributed by atoms with van der Waals surface area (Å²) < 4.78 is 32.6. The molecule has 1 saturated heterocycles. The smallest absolute Gasteiger partial charge is 0.131 e. The van der Waals surface area contributed by atoms with Crippen LogP contribution < -0.4 is 5.73 Å². The molecule has 0 aliphatic carbocycles.